The highest BCUT2D eigenvalue weighted by Crippen LogP contribution is 2.25. The first-order chi connectivity index (χ1) is 12.2. The summed E-state index contributed by atoms with van der Waals surface area (Å²) in [6, 6.07) is 8.62. The second-order valence-corrected chi connectivity index (χ2v) is 7.66. The van der Waals surface area contributed by atoms with Crippen molar-refractivity contribution < 1.29 is 5.11 Å². The van der Waals surface area contributed by atoms with Crippen molar-refractivity contribution in [2.75, 3.05) is 32.7 Å². The Morgan fingerprint density at radius 1 is 1.00 bits per heavy atom. The van der Waals surface area contributed by atoms with E-state index in [0.29, 0.717) is 0 Å². The lowest BCUT2D eigenvalue weighted by Crippen LogP contribution is -2.46. The fourth-order valence-corrected chi connectivity index (χ4v) is 4.18. The minimum atomic E-state index is -0.534. The molecule has 134 valence electrons. The van der Waals surface area contributed by atoms with E-state index in [1.807, 2.05) is 17.1 Å². The molecule has 2 fully saturated rings. The van der Waals surface area contributed by atoms with E-state index in [0.717, 1.165) is 51.4 Å². The second-order valence-electron chi connectivity index (χ2n) is 7.66. The number of aromatic nitrogens is 2. The third-order valence-corrected chi connectivity index (χ3v) is 5.52. The van der Waals surface area contributed by atoms with Gasteiger partial charge in [0.1, 0.15) is 0 Å². The van der Waals surface area contributed by atoms with Gasteiger partial charge in [-0.25, -0.2) is 4.98 Å². The van der Waals surface area contributed by atoms with Crippen molar-refractivity contribution >= 4 is 0 Å². The molecule has 1 aromatic heterocycles. The summed E-state index contributed by atoms with van der Waals surface area (Å²) in [6.07, 6.45) is 10.4. The van der Waals surface area contributed by atoms with Gasteiger partial charge in [0.2, 0.25) is 0 Å². The molecule has 4 rings (SSSR count). The topological polar surface area (TPSA) is 44.5 Å². The zero-order chi connectivity index (χ0) is 17.1. The van der Waals surface area contributed by atoms with Gasteiger partial charge >= 0.3 is 0 Å². The van der Waals surface area contributed by atoms with E-state index in [2.05, 4.69) is 39.0 Å². The summed E-state index contributed by atoms with van der Waals surface area (Å²) < 4.78 is 2.01. The lowest BCUT2D eigenvalue weighted by molar-refractivity contribution is 0.00635. The van der Waals surface area contributed by atoms with Crippen LogP contribution in [0.5, 0.6) is 0 Å². The van der Waals surface area contributed by atoms with Gasteiger partial charge in [-0.2, -0.15) is 0 Å². The van der Waals surface area contributed by atoms with E-state index < -0.39 is 5.60 Å². The summed E-state index contributed by atoms with van der Waals surface area (Å²) >= 11 is 0. The van der Waals surface area contributed by atoms with Crippen LogP contribution in [0.4, 0.5) is 0 Å². The van der Waals surface area contributed by atoms with Gasteiger partial charge in [0.25, 0.3) is 0 Å². The number of benzene rings is 1. The normalized spacial score (nSPS) is 25.5. The number of likely N-dealkylation sites (tertiary alicyclic amines) is 2. The zero-order valence-electron chi connectivity index (χ0n) is 14.8. The van der Waals surface area contributed by atoms with Gasteiger partial charge in [-0.05, 0) is 50.0 Å². The number of hydrogen-bond acceptors (Lipinski definition) is 4. The van der Waals surface area contributed by atoms with Gasteiger partial charge in [-0.1, -0.05) is 18.6 Å². The molecule has 1 atom stereocenters. The molecule has 0 spiro atoms. The van der Waals surface area contributed by atoms with Crippen molar-refractivity contribution in [3.8, 4) is 5.69 Å². The number of nitrogens with zero attached hydrogens (tertiary/aromatic N) is 4. The van der Waals surface area contributed by atoms with Crippen molar-refractivity contribution in [1.82, 2.24) is 19.4 Å². The number of piperidine rings is 1. The summed E-state index contributed by atoms with van der Waals surface area (Å²) in [7, 11) is 0. The van der Waals surface area contributed by atoms with Crippen LogP contribution in [0, 0.1) is 0 Å². The Hall–Kier alpha value is -1.69. The highest BCUT2D eigenvalue weighted by atomic mass is 16.3. The molecule has 25 heavy (non-hydrogen) atoms. The smallest absolute Gasteiger partial charge is 0.0991 e. The zero-order valence-corrected chi connectivity index (χ0v) is 14.8. The van der Waals surface area contributed by atoms with Crippen LogP contribution in [0.2, 0.25) is 0 Å². The van der Waals surface area contributed by atoms with E-state index in [1.165, 1.54) is 24.8 Å². The van der Waals surface area contributed by atoms with E-state index in [-0.39, 0.29) is 0 Å². The molecule has 0 bridgehead atoms. The number of aliphatic hydroxyl groups is 1. The summed E-state index contributed by atoms with van der Waals surface area (Å²) in [4.78, 5) is 8.93. The lowest BCUT2D eigenvalue weighted by Gasteiger charge is -2.33. The van der Waals surface area contributed by atoms with Crippen LogP contribution in [0.3, 0.4) is 0 Å². The molecule has 0 amide bonds. The van der Waals surface area contributed by atoms with Gasteiger partial charge in [0.05, 0.1) is 11.9 Å². The molecule has 5 heteroatoms. The minimum Gasteiger partial charge on any atom is -0.387 e. The van der Waals surface area contributed by atoms with Crippen molar-refractivity contribution in [1.29, 1.82) is 0 Å². The van der Waals surface area contributed by atoms with E-state index in [9.17, 15) is 5.11 Å². The van der Waals surface area contributed by atoms with Crippen molar-refractivity contribution in [2.24, 2.45) is 0 Å². The third-order valence-electron chi connectivity index (χ3n) is 5.52. The Balaban J connectivity index is 1.32. The molecule has 5 nitrogen and oxygen atoms in total. The van der Waals surface area contributed by atoms with Crippen LogP contribution in [-0.4, -0.2) is 62.8 Å². The van der Waals surface area contributed by atoms with Crippen LogP contribution in [0.15, 0.2) is 43.0 Å². The van der Waals surface area contributed by atoms with Gasteiger partial charge in [0.15, 0.2) is 0 Å². The summed E-state index contributed by atoms with van der Waals surface area (Å²) in [6.45, 7) is 5.81. The molecule has 2 aliphatic heterocycles. The summed E-state index contributed by atoms with van der Waals surface area (Å²) in [5.41, 5.74) is 1.89. The van der Waals surface area contributed by atoms with E-state index in [1.54, 1.807) is 6.20 Å². The van der Waals surface area contributed by atoms with Crippen LogP contribution in [0.25, 0.3) is 5.69 Å². The van der Waals surface area contributed by atoms with Crippen LogP contribution < -0.4 is 0 Å². The quantitative estimate of drug-likeness (QED) is 0.907. The van der Waals surface area contributed by atoms with Crippen molar-refractivity contribution in [3.63, 3.8) is 0 Å². The number of imidazole rings is 1. The molecule has 1 aromatic carbocycles. The van der Waals surface area contributed by atoms with E-state index in [4.69, 9.17) is 0 Å². The highest BCUT2D eigenvalue weighted by Gasteiger charge is 2.37. The predicted molar refractivity (Wildman–Crippen MR) is 98.7 cm³/mol. The summed E-state index contributed by atoms with van der Waals surface area (Å²) in [5.74, 6) is 0. The first-order valence-electron chi connectivity index (χ1n) is 9.45. The van der Waals surface area contributed by atoms with Gasteiger partial charge in [-0.3, -0.25) is 4.90 Å². The first kappa shape index (κ1) is 16.8. The van der Waals surface area contributed by atoms with Gasteiger partial charge in [-0.15, -0.1) is 0 Å². The monoisotopic (exact) mass is 340 g/mol. The Morgan fingerprint density at radius 2 is 1.80 bits per heavy atom. The van der Waals surface area contributed by atoms with Crippen molar-refractivity contribution in [2.45, 2.75) is 37.8 Å². The fraction of sp³-hybridized carbons (Fsp3) is 0.550. The predicted octanol–water partition coefficient (Wildman–Crippen LogP) is 2.29. The molecular weight excluding hydrogens is 312 g/mol. The SMILES string of the molecule is O[C@@]1(CN2CCCCC2)CCN(Cc2ccc(-n3ccnc3)cc2)C1. The van der Waals surface area contributed by atoms with Crippen LogP contribution in [-0.2, 0) is 6.54 Å². The Kier molecular flexibility index (Phi) is 4.88. The minimum absolute atomic E-state index is 0.534. The number of β-amino-alcohol motifs (C(OH)–C–C–N with tert-alkyl or cyclic N) is 1. The molecule has 0 radical (unpaired) electrons. The average molecular weight is 340 g/mol. The molecule has 2 aliphatic rings. The summed E-state index contributed by atoms with van der Waals surface area (Å²) in [5, 5.41) is 11.0. The molecule has 0 saturated carbocycles. The maximum Gasteiger partial charge on any atom is 0.0991 e. The van der Waals surface area contributed by atoms with Crippen LogP contribution in [0.1, 0.15) is 31.2 Å². The molecule has 2 aromatic rings. The highest BCUT2D eigenvalue weighted by molar-refractivity contribution is 5.34. The van der Waals surface area contributed by atoms with Crippen LogP contribution >= 0.6 is 0 Å². The third kappa shape index (κ3) is 4.11. The molecular formula is C20H28N4O. The lowest BCUT2D eigenvalue weighted by atomic mass is 10.0. The molecule has 2 saturated heterocycles. The Bertz CT molecular complexity index is 664. The first-order valence-corrected chi connectivity index (χ1v) is 9.45. The molecule has 3 heterocycles. The standard InChI is InChI=1S/C20H28N4O/c25-20(15-22-10-2-1-3-11-22)8-12-23(16-20)14-18-4-6-19(7-5-18)24-13-9-21-17-24/h4-7,9,13,17,25H,1-3,8,10-12,14-16H2/t20-/m1/s1. The Labute approximate surface area is 149 Å². The largest absolute Gasteiger partial charge is 0.387 e. The Morgan fingerprint density at radius 3 is 2.52 bits per heavy atom. The fourth-order valence-electron chi connectivity index (χ4n) is 4.18. The second kappa shape index (κ2) is 7.28. The molecule has 1 N–H and O–H groups in total. The number of rotatable bonds is 5. The molecule has 0 aliphatic carbocycles. The maximum atomic E-state index is 11.0. The average Bonchev–Trinajstić information content (AvgIpc) is 3.27. The maximum absolute atomic E-state index is 11.0. The van der Waals surface area contributed by atoms with Gasteiger partial charge < -0.3 is 14.6 Å². The number of hydrogen-bond donors (Lipinski definition) is 1. The van der Waals surface area contributed by atoms with E-state index >= 15 is 0 Å². The van der Waals surface area contributed by atoms with Crippen molar-refractivity contribution in [3.05, 3.63) is 48.5 Å². The van der Waals surface area contributed by atoms with Gasteiger partial charge in [0, 0.05) is 44.3 Å². The molecule has 0 unspecified atom stereocenters.